The van der Waals surface area contributed by atoms with Gasteiger partial charge in [-0.05, 0) is 38.0 Å². The van der Waals surface area contributed by atoms with E-state index in [-0.39, 0.29) is 24.5 Å². The normalized spacial score (nSPS) is 20.5. The highest BCUT2D eigenvalue weighted by molar-refractivity contribution is 5.93. The quantitative estimate of drug-likeness (QED) is 0.748. The third kappa shape index (κ3) is 4.26. The van der Waals surface area contributed by atoms with E-state index in [0.29, 0.717) is 11.6 Å². The molecule has 1 fully saturated rings. The summed E-state index contributed by atoms with van der Waals surface area (Å²) in [6, 6.07) is 0.164. The molecule has 1 amide bonds. The van der Waals surface area contributed by atoms with Crippen LogP contribution in [0.2, 0.25) is 0 Å². The van der Waals surface area contributed by atoms with Gasteiger partial charge in [0, 0.05) is 30.9 Å². The first-order chi connectivity index (χ1) is 12.6. The van der Waals surface area contributed by atoms with Crippen molar-refractivity contribution >= 4 is 11.9 Å². The van der Waals surface area contributed by atoms with Crippen LogP contribution in [0, 0.1) is 5.92 Å². The Labute approximate surface area is 154 Å². The molecule has 144 valence electrons. The molecular weight excluding hydrogens is 332 g/mol. The number of carbonyl (C=O) groups is 2. The topological polar surface area (TPSA) is 85.3 Å². The maximum atomic E-state index is 12.3. The van der Waals surface area contributed by atoms with Gasteiger partial charge in [-0.3, -0.25) is 14.3 Å². The number of nitrogens with one attached hydrogen (secondary N) is 2. The second kappa shape index (κ2) is 8.66. The maximum Gasteiger partial charge on any atom is 0.319 e. The predicted molar refractivity (Wildman–Crippen MR) is 98.0 cm³/mol. The van der Waals surface area contributed by atoms with E-state index in [2.05, 4.69) is 20.4 Å². The molecule has 1 atom stereocenters. The number of hydrogen-bond acceptors (Lipinski definition) is 5. The molecule has 0 bridgehead atoms. The van der Waals surface area contributed by atoms with Crippen LogP contribution in [0.15, 0.2) is 0 Å². The van der Waals surface area contributed by atoms with Crippen LogP contribution < -0.4 is 10.6 Å². The lowest BCUT2D eigenvalue weighted by molar-refractivity contribution is -0.139. The first-order valence-corrected chi connectivity index (χ1v) is 9.73. The average molecular weight is 362 g/mol. The second-order valence-corrected chi connectivity index (χ2v) is 7.44. The number of rotatable bonds is 6. The Kier molecular flexibility index (Phi) is 6.29. The molecule has 1 aromatic rings. The molecule has 2 aliphatic rings. The molecule has 3 rings (SSSR count). The Hall–Kier alpha value is -1.89. The van der Waals surface area contributed by atoms with Gasteiger partial charge in [-0.15, -0.1) is 0 Å². The van der Waals surface area contributed by atoms with E-state index in [1.165, 1.54) is 44.9 Å². The molecule has 7 nitrogen and oxygen atoms in total. The van der Waals surface area contributed by atoms with Crippen LogP contribution in [0.5, 0.6) is 0 Å². The van der Waals surface area contributed by atoms with Gasteiger partial charge in [0.05, 0.1) is 13.7 Å². The van der Waals surface area contributed by atoms with Gasteiger partial charge >= 0.3 is 5.97 Å². The Morgan fingerprint density at radius 2 is 2.00 bits per heavy atom. The molecule has 1 aromatic heterocycles. The zero-order valence-corrected chi connectivity index (χ0v) is 15.8. The van der Waals surface area contributed by atoms with Gasteiger partial charge in [-0.2, -0.15) is 5.10 Å². The molecule has 0 aliphatic heterocycles. The van der Waals surface area contributed by atoms with Crippen molar-refractivity contribution < 1.29 is 14.3 Å². The Morgan fingerprint density at radius 3 is 2.69 bits per heavy atom. The summed E-state index contributed by atoms with van der Waals surface area (Å²) in [6.45, 7) is 1.11. The van der Waals surface area contributed by atoms with E-state index < -0.39 is 0 Å². The number of esters is 1. The first kappa shape index (κ1) is 18.9. The van der Waals surface area contributed by atoms with Gasteiger partial charge in [0.25, 0.3) is 5.91 Å². The lowest BCUT2D eigenvalue weighted by Gasteiger charge is -2.26. The van der Waals surface area contributed by atoms with Crippen LogP contribution >= 0.6 is 0 Å². The summed E-state index contributed by atoms with van der Waals surface area (Å²) in [7, 11) is 3.03. The van der Waals surface area contributed by atoms with Gasteiger partial charge < -0.3 is 15.4 Å². The number of methoxy groups -OCH3 is 1. The lowest BCUT2D eigenvalue weighted by atomic mass is 9.88. The van der Waals surface area contributed by atoms with Gasteiger partial charge in [0.1, 0.15) is 0 Å². The zero-order chi connectivity index (χ0) is 18.5. The molecular formula is C19H30N4O3. The molecule has 0 spiro atoms. The number of nitrogens with zero attached hydrogens (tertiary/aromatic N) is 2. The van der Waals surface area contributed by atoms with E-state index in [1.54, 1.807) is 7.05 Å². The third-order valence-corrected chi connectivity index (χ3v) is 5.71. The number of hydrogen-bond donors (Lipinski definition) is 2. The highest BCUT2D eigenvalue weighted by Gasteiger charge is 2.30. The Bertz CT molecular complexity index is 649. The molecule has 1 saturated carbocycles. The summed E-state index contributed by atoms with van der Waals surface area (Å²) in [5.74, 6) is 0.271. The number of aromatic nitrogens is 2. The van der Waals surface area contributed by atoms with E-state index in [0.717, 1.165) is 31.4 Å². The Morgan fingerprint density at radius 1 is 1.23 bits per heavy atom. The number of carbonyl (C=O) groups excluding carboxylic acids is 2. The van der Waals surface area contributed by atoms with Crippen LogP contribution in [-0.4, -0.2) is 48.4 Å². The zero-order valence-electron chi connectivity index (χ0n) is 15.8. The largest absolute Gasteiger partial charge is 0.468 e. The third-order valence-electron chi connectivity index (χ3n) is 5.71. The predicted octanol–water partition coefficient (Wildman–Crippen LogP) is 1.44. The molecule has 1 heterocycles. The molecule has 0 radical (unpaired) electrons. The highest BCUT2D eigenvalue weighted by atomic mass is 16.5. The van der Waals surface area contributed by atoms with Crippen molar-refractivity contribution in [1.82, 2.24) is 20.4 Å². The smallest absolute Gasteiger partial charge is 0.319 e. The van der Waals surface area contributed by atoms with Crippen LogP contribution in [0.1, 0.15) is 60.3 Å². The second-order valence-electron chi connectivity index (χ2n) is 7.44. The fourth-order valence-electron chi connectivity index (χ4n) is 4.23. The van der Waals surface area contributed by atoms with Crippen molar-refractivity contribution in [2.75, 3.05) is 20.7 Å². The minimum atomic E-state index is -0.268. The van der Waals surface area contributed by atoms with E-state index >= 15 is 0 Å². The van der Waals surface area contributed by atoms with Crippen molar-refractivity contribution in [2.45, 2.75) is 64.0 Å². The van der Waals surface area contributed by atoms with Gasteiger partial charge in [-0.25, -0.2) is 0 Å². The van der Waals surface area contributed by atoms with Gasteiger partial charge in [0.2, 0.25) is 0 Å². The average Bonchev–Trinajstić information content (AvgIpc) is 3.04. The lowest BCUT2D eigenvalue weighted by Crippen LogP contribution is -2.38. The SMILES string of the molecule is CNC(=O)c1nn(CC2CCCCC2)c2c1CC(NCC(=O)OC)CC2. The van der Waals surface area contributed by atoms with Crippen LogP contribution in [-0.2, 0) is 28.9 Å². The minimum Gasteiger partial charge on any atom is -0.468 e. The summed E-state index contributed by atoms with van der Waals surface area (Å²) in [6.07, 6.45) is 9.00. The van der Waals surface area contributed by atoms with Crippen LogP contribution in [0.3, 0.4) is 0 Å². The van der Waals surface area contributed by atoms with E-state index in [4.69, 9.17) is 4.74 Å². The van der Waals surface area contributed by atoms with Crippen LogP contribution in [0.25, 0.3) is 0 Å². The molecule has 2 N–H and O–H groups in total. The molecule has 2 aliphatic carbocycles. The van der Waals surface area contributed by atoms with Crippen molar-refractivity contribution in [3.05, 3.63) is 17.0 Å². The van der Waals surface area contributed by atoms with Gasteiger partial charge in [-0.1, -0.05) is 19.3 Å². The summed E-state index contributed by atoms with van der Waals surface area (Å²) < 4.78 is 6.79. The van der Waals surface area contributed by atoms with Gasteiger partial charge in [0.15, 0.2) is 5.69 Å². The Balaban J connectivity index is 1.76. The van der Waals surface area contributed by atoms with Crippen LogP contribution in [0.4, 0.5) is 0 Å². The number of fused-ring (bicyclic) bond motifs is 1. The first-order valence-electron chi connectivity index (χ1n) is 9.73. The number of ether oxygens (including phenoxy) is 1. The summed E-state index contributed by atoms with van der Waals surface area (Å²) in [5.41, 5.74) is 2.78. The fraction of sp³-hybridized carbons (Fsp3) is 0.737. The van der Waals surface area contributed by atoms with Crippen molar-refractivity contribution in [2.24, 2.45) is 5.92 Å². The van der Waals surface area contributed by atoms with Crippen molar-refractivity contribution in [1.29, 1.82) is 0 Å². The summed E-state index contributed by atoms with van der Waals surface area (Å²) >= 11 is 0. The highest BCUT2D eigenvalue weighted by Crippen LogP contribution is 2.29. The monoisotopic (exact) mass is 362 g/mol. The standard InChI is InChI=1S/C19H30N4O3/c1-20-19(25)18-15-10-14(21-11-17(24)26-2)8-9-16(15)23(22-18)12-13-6-4-3-5-7-13/h13-14,21H,3-12H2,1-2H3,(H,20,25). The van der Waals surface area contributed by atoms with Crippen molar-refractivity contribution in [3.8, 4) is 0 Å². The summed E-state index contributed by atoms with van der Waals surface area (Å²) in [4.78, 5) is 23.7. The molecule has 7 heteroatoms. The van der Waals surface area contributed by atoms with Crippen molar-refractivity contribution in [3.63, 3.8) is 0 Å². The van der Waals surface area contributed by atoms with E-state index in [9.17, 15) is 9.59 Å². The fourth-order valence-corrected chi connectivity index (χ4v) is 4.23. The maximum absolute atomic E-state index is 12.3. The molecule has 0 aromatic carbocycles. The molecule has 0 saturated heterocycles. The molecule has 26 heavy (non-hydrogen) atoms. The number of amides is 1. The summed E-state index contributed by atoms with van der Waals surface area (Å²) in [5, 5.41) is 10.6. The van der Waals surface area contributed by atoms with E-state index in [1.807, 2.05) is 0 Å². The molecule has 1 unspecified atom stereocenters. The minimum absolute atomic E-state index is 0.128.